The predicted molar refractivity (Wildman–Crippen MR) is 115 cm³/mol. The number of rotatable bonds is 3. The van der Waals surface area contributed by atoms with Gasteiger partial charge in [-0.05, 0) is 60.4 Å². The number of ether oxygens (including phenoxy) is 1. The highest BCUT2D eigenvalue weighted by atomic mass is 35.5. The standard InChI is InChI=1S/C24H17Cl2NO4/c25-11-4-5-16(19(26)8-11)24(30)31-13-3-1-2-12(9-13)27-22(28)20-14-6-7-15(18-10-17(14)18)21(20)23(27)29/h1-9,14-15,17-18,20-21H,10H2/t14-,15-,17-,18+,20-,21+/m0/s1. The van der Waals surface area contributed by atoms with E-state index in [0.717, 1.165) is 6.42 Å². The molecule has 0 N–H and O–H groups in total. The molecule has 6 atom stereocenters. The summed E-state index contributed by atoms with van der Waals surface area (Å²) in [7, 11) is 0. The highest BCUT2D eigenvalue weighted by Crippen LogP contribution is 2.65. The Kier molecular flexibility index (Phi) is 4.11. The Morgan fingerprint density at radius 3 is 2.26 bits per heavy atom. The molecule has 2 aromatic rings. The number of carbonyl (C=O) groups is 3. The van der Waals surface area contributed by atoms with E-state index in [1.54, 1.807) is 30.3 Å². The van der Waals surface area contributed by atoms with Crippen LogP contribution >= 0.6 is 23.2 Å². The third kappa shape index (κ3) is 2.80. The zero-order valence-electron chi connectivity index (χ0n) is 16.2. The molecule has 2 saturated carbocycles. The van der Waals surface area contributed by atoms with Crippen molar-refractivity contribution in [3.8, 4) is 5.75 Å². The molecule has 1 saturated heterocycles. The van der Waals surface area contributed by atoms with Gasteiger partial charge in [0, 0.05) is 11.1 Å². The minimum absolute atomic E-state index is 0.149. The number of hydrogen-bond donors (Lipinski definition) is 0. The van der Waals surface area contributed by atoms with Crippen LogP contribution in [0.1, 0.15) is 16.8 Å². The first-order valence-corrected chi connectivity index (χ1v) is 11.0. The fraction of sp³-hybridized carbons (Fsp3) is 0.292. The molecule has 2 bridgehead atoms. The summed E-state index contributed by atoms with van der Waals surface area (Å²) >= 11 is 12.0. The van der Waals surface area contributed by atoms with Crippen LogP contribution in [0.3, 0.4) is 0 Å². The van der Waals surface area contributed by atoms with Gasteiger partial charge >= 0.3 is 5.97 Å². The molecule has 1 heterocycles. The predicted octanol–water partition coefficient (Wildman–Crippen LogP) is 4.77. The highest BCUT2D eigenvalue weighted by molar-refractivity contribution is 6.36. The van der Waals surface area contributed by atoms with Crippen LogP contribution < -0.4 is 9.64 Å². The summed E-state index contributed by atoms with van der Waals surface area (Å²) in [5.41, 5.74) is 0.600. The Hall–Kier alpha value is -2.63. The third-order valence-corrected chi connectivity index (χ3v) is 7.65. The molecule has 5 nitrogen and oxygen atoms in total. The fourth-order valence-corrected chi connectivity index (χ4v) is 6.20. The lowest BCUT2D eigenvalue weighted by atomic mass is 9.63. The van der Waals surface area contributed by atoms with Crippen molar-refractivity contribution < 1.29 is 19.1 Å². The molecule has 4 aliphatic carbocycles. The first-order valence-electron chi connectivity index (χ1n) is 10.3. The Morgan fingerprint density at radius 1 is 0.935 bits per heavy atom. The molecule has 7 rings (SSSR count). The number of hydrogen-bond acceptors (Lipinski definition) is 4. The third-order valence-electron chi connectivity index (χ3n) is 7.10. The molecule has 0 aromatic heterocycles. The monoisotopic (exact) mass is 453 g/mol. The van der Waals surface area contributed by atoms with Crippen molar-refractivity contribution in [1.29, 1.82) is 0 Å². The average Bonchev–Trinajstić information content (AvgIpc) is 3.51. The van der Waals surface area contributed by atoms with Gasteiger partial charge in [0.1, 0.15) is 5.75 Å². The minimum Gasteiger partial charge on any atom is -0.423 e. The molecule has 7 heteroatoms. The van der Waals surface area contributed by atoms with Crippen LogP contribution in [0.2, 0.25) is 10.0 Å². The molecular formula is C24H17Cl2NO4. The summed E-state index contributed by atoms with van der Waals surface area (Å²) in [5.74, 6) is 0.156. The largest absolute Gasteiger partial charge is 0.423 e. The molecule has 156 valence electrons. The maximum Gasteiger partial charge on any atom is 0.345 e. The Balaban J connectivity index is 1.27. The molecule has 2 amide bonds. The molecule has 5 aliphatic rings. The van der Waals surface area contributed by atoms with Gasteiger partial charge in [0.15, 0.2) is 0 Å². The van der Waals surface area contributed by atoms with E-state index in [0.29, 0.717) is 22.5 Å². The molecule has 0 unspecified atom stereocenters. The van der Waals surface area contributed by atoms with Crippen molar-refractivity contribution in [2.75, 3.05) is 4.90 Å². The van der Waals surface area contributed by atoms with Gasteiger partial charge in [0.25, 0.3) is 0 Å². The van der Waals surface area contributed by atoms with Crippen LogP contribution in [0.4, 0.5) is 5.69 Å². The second kappa shape index (κ2) is 6.68. The van der Waals surface area contributed by atoms with E-state index < -0.39 is 5.97 Å². The zero-order chi connectivity index (χ0) is 21.4. The molecule has 2 aromatic carbocycles. The average molecular weight is 454 g/mol. The van der Waals surface area contributed by atoms with Crippen molar-refractivity contribution in [3.63, 3.8) is 0 Å². The zero-order valence-corrected chi connectivity index (χ0v) is 17.7. The van der Waals surface area contributed by atoms with Crippen LogP contribution in [0.5, 0.6) is 5.75 Å². The number of allylic oxidation sites excluding steroid dienone is 2. The summed E-state index contributed by atoms with van der Waals surface area (Å²) in [6, 6.07) is 11.0. The second-order valence-corrected chi connectivity index (χ2v) is 9.52. The van der Waals surface area contributed by atoms with Crippen molar-refractivity contribution >= 4 is 46.7 Å². The van der Waals surface area contributed by atoms with Gasteiger partial charge in [-0.15, -0.1) is 0 Å². The molecule has 0 spiro atoms. The van der Waals surface area contributed by atoms with Crippen molar-refractivity contribution in [3.05, 3.63) is 70.2 Å². The van der Waals surface area contributed by atoms with Gasteiger partial charge in [0.2, 0.25) is 11.8 Å². The minimum atomic E-state index is -0.645. The second-order valence-electron chi connectivity index (χ2n) is 8.68. The van der Waals surface area contributed by atoms with Crippen LogP contribution in [0, 0.1) is 35.5 Å². The van der Waals surface area contributed by atoms with E-state index in [1.165, 1.54) is 17.0 Å². The molecule has 0 radical (unpaired) electrons. The topological polar surface area (TPSA) is 63.7 Å². The van der Waals surface area contributed by atoms with Gasteiger partial charge < -0.3 is 4.74 Å². The number of halogens is 2. The van der Waals surface area contributed by atoms with Crippen LogP contribution in [0.15, 0.2) is 54.6 Å². The summed E-state index contributed by atoms with van der Waals surface area (Å²) in [5, 5.41) is 0.598. The van der Waals surface area contributed by atoms with E-state index in [1.807, 2.05) is 0 Å². The van der Waals surface area contributed by atoms with Crippen molar-refractivity contribution in [2.45, 2.75) is 6.42 Å². The van der Waals surface area contributed by atoms with E-state index in [4.69, 9.17) is 27.9 Å². The van der Waals surface area contributed by atoms with Crippen LogP contribution in [0.25, 0.3) is 0 Å². The quantitative estimate of drug-likeness (QED) is 0.290. The number of amides is 2. The molecule has 1 aliphatic heterocycles. The SMILES string of the molecule is O=C(Oc1cccc(N2C(=O)[C@@H]3[C@H]4C=C[C@@H]([C@@H]5C[C@H]45)[C@@H]3C2=O)c1)c1ccc(Cl)cc1Cl. The van der Waals surface area contributed by atoms with E-state index in [2.05, 4.69) is 12.2 Å². The molecule has 31 heavy (non-hydrogen) atoms. The molecule has 3 fully saturated rings. The number of esters is 1. The number of nitrogens with zero attached hydrogens (tertiary/aromatic N) is 1. The first-order chi connectivity index (χ1) is 14.9. The van der Waals surface area contributed by atoms with Crippen LogP contribution in [-0.4, -0.2) is 17.8 Å². The smallest absolute Gasteiger partial charge is 0.345 e. The summed E-state index contributed by atoms with van der Waals surface area (Å²) in [4.78, 5) is 40.4. The van der Waals surface area contributed by atoms with Gasteiger partial charge in [-0.3, -0.25) is 9.59 Å². The number of imide groups is 1. The lowest BCUT2D eigenvalue weighted by Gasteiger charge is -2.37. The Bertz CT molecular complexity index is 1160. The Labute approximate surface area is 188 Å². The fourth-order valence-electron chi connectivity index (χ4n) is 5.71. The summed E-state index contributed by atoms with van der Waals surface area (Å²) in [6.45, 7) is 0. The van der Waals surface area contributed by atoms with E-state index >= 15 is 0 Å². The van der Waals surface area contributed by atoms with Gasteiger partial charge in [-0.2, -0.15) is 0 Å². The maximum absolute atomic E-state index is 13.3. The molecular weight excluding hydrogens is 437 g/mol. The highest BCUT2D eigenvalue weighted by Gasteiger charge is 2.67. The lowest BCUT2D eigenvalue weighted by Crippen LogP contribution is -2.40. The van der Waals surface area contributed by atoms with Gasteiger partial charge in [-0.1, -0.05) is 41.4 Å². The van der Waals surface area contributed by atoms with E-state index in [9.17, 15) is 14.4 Å². The summed E-state index contributed by atoms with van der Waals surface area (Å²) in [6.07, 6.45) is 5.40. The van der Waals surface area contributed by atoms with Crippen LogP contribution in [-0.2, 0) is 9.59 Å². The van der Waals surface area contributed by atoms with Crippen molar-refractivity contribution in [1.82, 2.24) is 0 Å². The van der Waals surface area contributed by atoms with Crippen molar-refractivity contribution in [2.24, 2.45) is 35.5 Å². The van der Waals surface area contributed by atoms with Gasteiger partial charge in [-0.25, -0.2) is 9.69 Å². The summed E-state index contributed by atoms with van der Waals surface area (Å²) < 4.78 is 5.46. The lowest BCUT2D eigenvalue weighted by molar-refractivity contribution is -0.124. The van der Waals surface area contributed by atoms with E-state index in [-0.39, 0.29) is 51.8 Å². The van der Waals surface area contributed by atoms with Gasteiger partial charge in [0.05, 0.1) is 28.1 Å². The number of benzene rings is 2. The first kappa shape index (κ1) is 19.1. The number of carbonyl (C=O) groups excluding carboxylic acids is 3. The number of anilines is 1. The normalized spacial score (nSPS) is 32.1. The maximum atomic E-state index is 13.3. The Morgan fingerprint density at radius 2 is 1.61 bits per heavy atom.